The largest absolute Gasteiger partial charge is 0.390 e. The number of rotatable bonds is 3. The molecule has 13 heavy (non-hydrogen) atoms. The fourth-order valence-electron chi connectivity index (χ4n) is 2.72. The molecule has 2 N–H and O–H groups in total. The van der Waals surface area contributed by atoms with E-state index in [0.29, 0.717) is 18.7 Å². The highest BCUT2D eigenvalue weighted by atomic mass is 16.5. The summed E-state index contributed by atoms with van der Waals surface area (Å²) in [6.45, 7) is 0.677. The maximum Gasteiger partial charge on any atom is 0.0699 e. The van der Waals surface area contributed by atoms with Crippen LogP contribution in [-0.4, -0.2) is 36.5 Å². The molecule has 2 unspecified atom stereocenters. The van der Waals surface area contributed by atoms with Crippen molar-refractivity contribution in [2.45, 2.75) is 49.8 Å². The summed E-state index contributed by atoms with van der Waals surface area (Å²) in [5, 5.41) is 13.8. The van der Waals surface area contributed by atoms with Gasteiger partial charge in [-0.2, -0.15) is 0 Å². The Balaban J connectivity index is 1.92. The lowest BCUT2D eigenvalue weighted by Gasteiger charge is -2.37. The van der Waals surface area contributed by atoms with Gasteiger partial charge in [0.15, 0.2) is 0 Å². The Bertz CT molecular complexity index is 172. The molecule has 0 aromatic heterocycles. The quantitative estimate of drug-likeness (QED) is 0.679. The van der Waals surface area contributed by atoms with Crippen LogP contribution < -0.4 is 5.32 Å². The lowest BCUT2D eigenvalue weighted by atomic mass is 9.85. The molecule has 2 fully saturated rings. The third-order valence-corrected chi connectivity index (χ3v) is 3.36. The first-order valence-electron chi connectivity index (χ1n) is 5.19. The summed E-state index contributed by atoms with van der Waals surface area (Å²) in [4.78, 5) is 0. The van der Waals surface area contributed by atoms with E-state index in [2.05, 4.69) is 5.32 Å². The summed E-state index contributed by atoms with van der Waals surface area (Å²) in [6.07, 6.45) is 5.08. The number of fused-ring (bicyclic) bond motifs is 2. The molecule has 0 radical (unpaired) electrons. The molecule has 0 aromatic carbocycles. The summed E-state index contributed by atoms with van der Waals surface area (Å²) < 4.78 is 5.02. The van der Waals surface area contributed by atoms with E-state index >= 15 is 0 Å². The van der Waals surface area contributed by atoms with Crippen LogP contribution in [0.3, 0.4) is 0 Å². The van der Waals surface area contributed by atoms with Crippen molar-refractivity contribution in [3.8, 4) is 0 Å². The molecule has 0 spiro atoms. The first-order valence-corrected chi connectivity index (χ1v) is 5.19. The van der Waals surface area contributed by atoms with Gasteiger partial charge in [0.2, 0.25) is 0 Å². The fraction of sp³-hybridized carbons (Fsp3) is 1.00. The van der Waals surface area contributed by atoms with Gasteiger partial charge >= 0.3 is 0 Å². The number of hydrogen-bond acceptors (Lipinski definition) is 3. The molecule has 2 rings (SSSR count). The minimum atomic E-state index is -0.451. The van der Waals surface area contributed by atoms with Crippen molar-refractivity contribution in [2.24, 2.45) is 0 Å². The molecule has 0 aliphatic carbocycles. The number of nitrogens with one attached hydrogen (secondary N) is 1. The summed E-state index contributed by atoms with van der Waals surface area (Å²) in [5.41, 5.74) is -0.451. The smallest absolute Gasteiger partial charge is 0.0699 e. The van der Waals surface area contributed by atoms with Crippen LogP contribution in [0.2, 0.25) is 0 Å². The Labute approximate surface area is 79.5 Å². The van der Waals surface area contributed by atoms with Gasteiger partial charge in [-0.1, -0.05) is 0 Å². The molecule has 0 amide bonds. The minimum Gasteiger partial charge on any atom is -0.390 e. The second-order valence-electron chi connectivity index (χ2n) is 4.51. The third-order valence-electron chi connectivity index (χ3n) is 3.36. The van der Waals surface area contributed by atoms with E-state index < -0.39 is 5.60 Å². The minimum absolute atomic E-state index is 0.451. The zero-order chi connectivity index (χ0) is 9.31. The van der Waals surface area contributed by atoms with Gasteiger partial charge in [0.05, 0.1) is 5.60 Å². The predicted octanol–water partition coefficient (Wildman–Crippen LogP) is 0.668. The number of aliphatic hydroxyl groups is 1. The number of piperidine rings is 1. The lowest BCUT2D eigenvalue weighted by Crippen LogP contribution is -2.48. The van der Waals surface area contributed by atoms with Crippen LogP contribution in [0, 0.1) is 0 Å². The second kappa shape index (κ2) is 3.56. The van der Waals surface area contributed by atoms with E-state index in [-0.39, 0.29) is 0 Å². The molecular weight excluding hydrogens is 166 g/mol. The Morgan fingerprint density at radius 2 is 2.00 bits per heavy atom. The summed E-state index contributed by atoms with van der Waals surface area (Å²) in [5.74, 6) is 0. The molecule has 2 atom stereocenters. The van der Waals surface area contributed by atoms with Crippen molar-refractivity contribution < 1.29 is 9.84 Å². The Hall–Kier alpha value is -0.120. The second-order valence-corrected chi connectivity index (χ2v) is 4.51. The number of hydrogen-bond donors (Lipinski definition) is 2. The van der Waals surface area contributed by atoms with Crippen LogP contribution in [0.4, 0.5) is 0 Å². The SMILES string of the molecule is COCCC1(O)CC2CCC(C1)N2. The van der Waals surface area contributed by atoms with Gasteiger partial charge in [-0.15, -0.1) is 0 Å². The molecule has 2 aliphatic heterocycles. The predicted molar refractivity (Wildman–Crippen MR) is 50.6 cm³/mol. The van der Waals surface area contributed by atoms with Gasteiger partial charge in [0.1, 0.15) is 0 Å². The molecule has 2 aliphatic rings. The zero-order valence-corrected chi connectivity index (χ0v) is 8.25. The first kappa shape index (κ1) is 9.44. The molecule has 0 saturated carbocycles. The molecule has 2 saturated heterocycles. The Kier molecular flexibility index (Phi) is 2.58. The van der Waals surface area contributed by atoms with Crippen molar-refractivity contribution in [3.05, 3.63) is 0 Å². The van der Waals surface area contributed by atoms with Crippen LogP contribution in [0.25, 0.3) is 0 Å². The van der Waals surface area contributed by atoms with E-state index in [0.717, 1.165) is 19.3 Å². The molecule has 0 aromatic rings. The van der Waals surface area contributed by atoms with Gasteiger partial charge in [0, 0.05) is 25.8 Å². The summed E-state index contributed by atoms with van der Waals surface area (Å²) >= 11 is 0. The van der Waals surface area contributed by atoms with Crippen molar-refractivity contribution >= 4 is 0 Å². The highest BCUT2D eigenvalue weighted by Gasteiger charge is 2.41. The summed E-state index contributed by atoms with van der Waals surface area (Å²) in [6, 6.07) is 1.11. The third kappa shape index (κ3) is 2.03. The number of methoxy groups -OCH3 is 1. The molecule has 76 valence electrons. The standard InChI is InChI=1S/C10H19NO2/c1-13-5-4-10(12)6-8-2-3-9(7-10)11-8/h8-9,11-12H,2-7H2,1H3. The van der Waals surface area contributed by atoms with Crippen molar-refractivity contribution in [1.29, 1.82) is 0 Å². The zero-order valence-electron chi connectivity index (χ0n) is 8.25. The van der Waals surface area contributed by atoms with E-state index in [9.17, 15) is 5.11 Å². The van der Waals surface area contributed by atoms with E-state index in [1.807, 2.05) is 0 Å². The van der Waals surface area contributed by atoms with Crippen molar-refractivity contribution in [3.63, 3.8) is 0 Å². The molecule has 3 nitrogen and oxygen atoms in total. The molecular formula is C10H19NO2. The normalized spacial score (nSPS) is 43.8. The van der Waals surface area contributed by atoms with Crippen molar-refractivity contribution in [2.75, 3.05) is 13.7 Å². The van der Waals surface area contributed by atoms with E-state index in [4.69, 9.17) is 4.74 Å². The van der Waals surface area contributed by atoms with Gasteiger partial charge in [-0.05, 0) is 32.1 Å². The van der Waals surface area contributed by atoms with Gasteiger partial charge in [0.25, 0.3) is 0 Å². The lowest BCUT2D eigenvalue weighted by molar-refractivity contribution is -0.0300. The Morgan fingerprint density at radius 3 is 2.54 bits per heavy atom. The average Bonchev–Trinajstić information content (AvgIpc) is 2.43. The van der Waals surface area contributed by atoms with Crippen LogP contribution in [-0.2, 0) is 4.74 Å². The van der Waals surface area contributed by atoms with E-state index in [1.165, 1.54) is 12.8 Å². The Morgan fingerprint density at radius 1 is 1.38 bits per heavy atom. The van der Waals surface area contributed by atoms with Crippen molar-refractivity contribution in [1.82, 2.24) is 5.32 Å². The van der Waals surface area contributed by atoms with Gasteiger partial charge in [-0.25, -0.2) is 0 Å². The maximum absolute atomic E-state index is 10.3. The molecule has 2 heterocycles. The van der Waals surface area contributed by atoms with Gasteiger partial charge < -0.3 is 15.2 Å². The number of ether oxygens (including phenoxy) is 1. The monoisotopic (exact) mass is 185 g/mol. The maximum atomic E-state index is 10.3. The van der Waals surface area contributed by atoms with Crippen LogP contribution in [0.15, 0.2) is 0 Å². The van der Waals surface area contributed by atoms with Crippen LogP contribution in [0.1, 0.15) is 32.1 Å². The van der Waals surface area contributed by atoms with E-state index in [1.54, 1.807) is 7.11 Å². The highest BCUT2D eigenvalue weighted by molar-refractivity contribution is 4.99. The molecule has 3 heteroatoms. The van der Waals surface area contributed by atoms with Crippen LogP contribution in [0.5, 0.6) is 0 Å². The molecule has 2 bridgehead atoms. The van der Waals surface area contributed by atoms with Crippen LogP contribution >= 0.6 is 0 Å². The first-order chi connectivity index (χ1) is 6.22. The fourth-order valence-corrected chi connectivity index (χ4v) is 2.72. The topological polar surface area (TPSA) is 41.5 Å². The average molecular weight is 185 g/mol. The van der Waals surface area contributed by atoms with Gasteiger partial charge in [-0.3, -0.25) is 0 Å². The summed E-state index contributed by atoms with van der Waals surface area (Å²) in [7, 11) is 1.69. The highest BCUT2D eigenvalue weighted by Crippen LogP contribution is 2.35.